The molecule has 1 saturated heterocycles. The molecule has 2 aromatic rings. The second-order valence-corrected chi connectivity index (χ2v) is 6.48. The molecule has 10 heteroatoms. The van der Waals surface area contributed by atoms with Gasteiger partial charge in [-0.1, -0.05) is 42.1 Å². The number of rotatable bonds is 5. The molecule has 0 amide bonds. The predicted molar refractivity (Wildman–Crippen MR) is 88.1 cm³/mol. The van der Waals surface area contributed by atoms with Gasteiger partial charge in [0.1, 0.15) is 18.3 Å². The van der Waals surface area contributed by atoms with Crippen molar-refractivity contribution >= 4 is 11.8 Å². The van der Waals surface area contributed by atoms with E-state index in [1.54, 1.807) is 0 Å². The molecule has 0 aliphatic carbocycles. The summed E-state index contributed by atoms with van der Waals surface area (Å²) in [6, 6.07) is 9.40. The number of thioether (sulfide) groups is 1. The smallest absolute Gasteiger partial charge is 0.347 e. The van der Waals surface area contributed by atoms with Crippen LogP contribution in [0.1, 0.15) is 11.8 Å². The lowest BCUT2D eigenvalue weighted by molar-refractivity contribution is -0.0627. The fourth-order valence-corrected chi connectivity index (χ4v) is 3.30. The SMILES string of the molecule is O=c1[nH]c(=O)n([C@H]2O[C@@H](CO)[C@@H](O)[C@@H]2O)nc1SCc1ccccc1. The van der Waals surface area contributed by atoms with Crippen molar-refractivity contribution in [3.05, 3.63) is 56.7 Å². The molecule has 1 aliphatic rings. The maximum atomic E-state index is 12.0. The number of aromatic nitrogens is 3. The Balaban J connectivity index is 1.86. The van der Waals surface area contributed by atoms with Gasteiger partial charge in [-0.05, 0) is 5.56 Å². The van der Waals surface area contributed by atoms with Gasteiger partial charge in [-0.25, -0.2) is 4.79 Å². The van der Waals surface area contributed by atoms with Crippen LogP contribution in [0.4, 0.5) is 0 Å². The van der Waals surface area contributed by atoms with Crippen LogP contribution < -0.4 is 11.2 Å². The molecule has 4 atom stereocenters. The van der Waals surface area contributed by atoms with E-state index in [1.165, 1.54) is 0 Å². The fraction of sp³-hybridized carbons (Fsp3) is 0.400. The van der Waals surface area contributed by atoms with E-state index >= 15 is 0 Å². The first-order valence-electron chi connectivity index (χ1n) is 7.53. The topological polar surface area (TPSA) is 138 Å². The van der Waals surface area contributed by atoms with Gasteiger partial charge in [-0.15, -0.1) is 0 Å². The standard InChI is InChI=1S/C15H17N3O6S/c19-6-9-10(20)11(21)14(24-9)18-15(23)16-12(22)13(17-18)25-7-8-4-2-1-3-5-8/h1-5,9-11,14,19-21H,6-7H2,(H,16,22,23)/t9-,10+,11-,14-/m0/s1. The van der Waals surface area contributed by atoms with Crippen LogP contribution in [-0.2, 0) is 10.5 Å². The first-order valence-corrected chi connectivity index (χ1v) is 8.52. The Hall–Kier alpha value is -1.98. The van der Waals surface area contributed by atoms with Crippen molar-refractivity contribution in [1.82, 2.24) is 14.8 Å². The molecule has 0 spiro atoms. The van der Waals surface area contributed by atoms with Crippen LogP contribution >= 0.6 is 11.8 Å². The van der Waals surface area contributed by atoms with Crippen molar-refractivity contribution in [2.75, 3.05) is 6.61 Å². The lowest BCUT2D eigenvalue weighted by Crippen LogP contribution is -2.40. The molecular weight excluding hydrogens is 350 g/mol. The van der Waals surface area contributed by atoms with E-state index in [-0.39, 0.29) is 5.03 Å². The molecule has 2 heterocycles. The van der Waals surface area contributed by atoms with Crippen LogP contribution in [0.2, 0.25) is 0 Å². The molecule has 4 N–H and O–H groups in total. The van der Waals surface area contributed by atoms with E-state index in [4.69, 9.17) is 9.84 Å². The number of benzene rings is 1. The van der Waals surface area contributed by atoms with E-state index in [2.05, 4.69) is 10.1 Å². The Bertz CT molecular complexity index is 839. The third kappa shape index (κ3) is 3.67. The zero-order chi connectivity index (χ0) is 18.0. The summed E-state index contributed by atoms with van der Waals surface area (Å²) < 4.78 is 6.05. The number of hydrogen-bond acceptors (Lipinski definition) is 8. The summed E-state index contributed by atoms with van der Waals surface area (Å²) in [5.41, 5.74) is -0.544. The number of nitrogens with zero attached hydrogens (tertiary/aromatic N) is 2. The quantitative estimate of drug-likeness (QED) is 0.485. The molecule has 1 aliphatic heterocycles. The van der Waals surface area contributed by atoms with Crippen LogP contribution in [0.3, 0.4) is 0 Å². The molecule has 0 radical (unpaired) electrons. The predicted octanol–water partition coefficient (Wildman–Crippen LogP) is -1.16. The Labute approximate surface area is 145 Å². The largest absolute Gasteiger partial charge is 0.394 e. The monoisotopic (exact) mass is 367 g/mol. The van der Waals surface area contributed by atoms with Crippen molar-refractivity contribution in [3.8, 4) is 0 Å². The Morgan fingerprint density at radius 3 is 2.56 bits per heavy atom. The highest BCUT2D eigenvalue weighted by Crippen LogP contribution is 2.28. The minimum absolute atomic E-state index is 0.0289. The van der Waals surface area contributed by atoms with Crippen LogP contribution in [0.5, 0.6) is 0 Å². The molecule has 1 aromatic heterocycles. The maximum Gasteiger partial charge on any atom is 0.347 e. The summed E-state index contributed by atoms with van der Waals surface area (Å²) >= 11 is 1.13. The van der Waals surface area contributed by atoms with E-state index < -0.39 is 42.4 Å². The molecule has 0 bridgehead atoms. The first kappa shape index (κ1) is 17.8. The average molecular weight is 367 g/mol. The van der Waals surface area contributed by atoms with E-state index in [1.807, 2.05) is 30.3 Å². The molecule has 1 aromatic carbocycles. The van der Waals surface area contributed by atoms with Crippen molar-refractivity contribution in [2.24, 2.45) is 0 Å². The average Bonchev–Trinajstić information content (AvgIpc) is 2.90. The highest BCUT2D eigenvalue weighted by molar-refractivity contribution is 7.98. The van der Waals surface area contributed by atoms with Crippen LogP contribution in [0, 0.1) is 0 Å². The molecule has 25 heavy (non-hydrogen) atoms. The lowest BCUT2D eigenvalue weighted by atomic mass is 10.1. The number of aliphatic hydroxyl groups is 3. The van der Waals surface area contributed by atoms with Gasteiger partial charge >= 0.3 is 5.69 Å². The number of H-pyrrole nitrogens is 1. The zero-order valence-corrected chi connectivity index (χ0v) is 13.8. The summed E-state index contributed by atoms with van der Waals surface area (Å²) in [4.78, 5) is 26.1. The van der Waals surface area contributed by atoms with Gasteiger partial charge in [0.15, 0.2) is 11.3 Å². The number of nitrogens with one attached hydrogen (secondary N) is 1. The van der Waals surface area contributed by atoms with Crippen molar-refractivity contribution in [2.45, 2.75) is 35.3 Å². The third-order valence-corrected chi connectivity index (χ3v) is 4.82. The van der Waals surface area contributed by atoms with Gasteiger partial charge in [0.25, 0.3) is 5.56 Å². The fourth-order valence-electron chi connectivity index (χ4n) is 2.47. The molecule has 0 saturated carbocycles. The summed E-state index contributed by atoms with van der Waals surface area (Å²) in [6.45, 7) is -0.525. The molecule has 0 unspecified atom stereocenters. The van der Waals surface area contributed by atoms with Gasteiger partial charge < -0.3 is 20.1 Å². The van der Waals surface area contributed by atoms with Crippen molar-refractivity contribution < 1.29 is 20.1 Å². The molecule has 3 rings (SSSR count). The van der Waals surface area contributed by atoms with Gasteiger partial charge in [0, 0.05) is 5.75 Å². The number of aliphatic hydroxyl groups excluding tert-OH is 3. The second kappa shape index (κ2) is 7.50. The zero-order valence-electron chi connectivity index (χ0n) is 13.0. The molecule has 134 valence electrons. The van der Waals surface area contributed by atoms with Crippen LogP contribution in [0.25, 0.3) is 0 Å². The Kier molecular flexibility index (Phi) is 5.35. The summed E-state index contributed by atoms with van der Waals surface area (Å²) in [7, 11) is 0. The van der Waals surface area contributed by atoms with Gasteiger partial charge in [-0.2, -0.15) is 9.78 Å². The van der Waals surface area contributed by atoms with Gasteiger partial charge in [-0.3, -0.25) is 9.78 Å². The minimum atomic E-state index is -1.46. The highest BCUT2D eigenvalue weighted by atomic mass is 32.2. The van der Waals surface area contributed by atoms with Crippen LogP contribution in [-0.4, -0.2) is 55.0 Å². The van der Waals surface area contributed by atoms with E-state index in [0.717, 1.165) is 22.0 Å². The summed E-state index contributed by atoms with van der Waals surface area (Å²) in [5.74, 6) is 0.463. The molecule has 9 nitrogen and oxygen atoms in total. The number of aromatic amines is 1. The molecule has 1 fully saturated rings. The number of hydrogen-bond donors (Lipinski definition) is 4. The summed E-state index contributed by atoms with van der Waals surface area (Å²) in [6.07, 6.45) is -5.16. The lowest BCUT2D eigenvalue weighted by Gasteiger charge is -2.16. The third-order valence-electron chi connectivity index (χ3n) is 3.80. The highest BCUT2D eigenvalue weighted by Gasteiger charge is 2.44. The minimum Gasteiger partial charge on any atom is -0.394 e. The maximum absolute atomic E-state index is 12.0. The van der Waals surface area contributed by atoms with Crippen LogP contribution in [0.15, 0.2) is 44.9 Å². The van der Waals surface area contributed by atoms with Gasteiger partial charge in [0.2, 0.25) is 0 Å². The van der Waals surface area contributed by atoms with E-state index in [9.17, 15) is 19.8 Å². The number of ether oxygens (including phenoxy) is 1. The van der Waals surface area contributed by atoms with Crippen molar-refractivity contribution in [1.29, 1.82) is 0 Å². The molecular formula is C15H17N3O6S. The normalized spacial score (nSPS) is 26.0. The first-order chi connectivity index (χ1) is 12.0. The van der Waals surface area contributed by atoms with E-state index in [0.29, 0.717) is 5.75 Å². The second-order valence-electron chi connectivity index (χ2n) is 5.51. The summed E-state index contributed by atoms with van der Waals surface area (Å²) in [5, 5.41) is 32.9. The van der Waals surface area contributed by atoms with Gasteiger partial charge in [0.05, 0.1) is 6.61 Å². The van der Waals surface area contributed by atoms with Crippen molar-refractivity contribution in [3.63, 3.8) is 0 Å². The Morgan fingerprint density at radius 2 is 1.92 bits per heavy atom. The Morgan fingerprint density at radius 1 is 1.20 bits per heavy atom.